The predicted molar refractivity (Wildman–Crippen MR) is 81.1 cm³/mol. The van der Waals surface area contributed by atoms with Gasteiger partial charge in [0, 0.05) is 18.2 Å². The third-order valence-corrected chi connectivity index (χ3v) is 3.95. The van der Waals surface area contributed by atoms with E-state index in [1.165, 1.54) is 12.0 Å². The molecule has 110 valence electrons. The van der Waals surface area contributed by atoms with Gasteiger partial charge in [0.25, 0.3) is 5.91 Å². The molecule has 3 heteroatoms. The van der Waals surface area contributed by atoms with Gasteiger partial charge < -0.3 is 10.1 Å². The molecule has 2 rings (SSSR count). The lowest BCUT2D eigenvalue weighted by molar-refractivity contribution is 0.0899. The maximum absolute atomic E-state index is 12.2. The van der Waals surface area contributed by atoms with Crippen molar-refractivity contribution < 1.29 is 9.53 Å². The Morgan fingerprint density at radius 1 is 1.45 bits per heavy atom. The molecule has 0 unspecified atom stereocenters. The zero-order valence-electron chi connectivity index (χ0n) is 12.7. The molecule has 1 N–H and O–H groups in total. The summed E-state index contributed by atoms with van der Waals surface area (Å²) in [5.74, 6) is 0.0299. The summed E-state index contributed by atoms with van der Waals surface area (Å²) < 4.78 is 5.61. The lowest BCUT2D eigenvalue weighted by Crippen LogP contribution is -2.33. The molecule has 0 aromatic heterocycles. The third-order valence-electron chi connectivity index (χ3n) is 3.95. The van der Waals surface area contributed by atoms with Crippen molar-refractivity contribution in [3.8, 4) is 0 Å². The standard InChI is InChI=1S/C17H25NO2/c1-12-6-9-16(13(2)11-12)17(19)18-14(3)7-8-15-5-4-10-20-15/h6,9,11,14-15H,4-5,7-8,10H2,1-3H3,(H,18,19)/t14-,15+/m0/s1. The van der Waals surface area contributed by atoms with Crippen LogP contribution in [0.3, 0.4) is 0 Å². The number of benzene rings is 1. The number of carbonyl (C=O) groups excluding carboxylic acids is 1. The number of ether oxygens (including phenoxy) is 1. The van der Waals surface area contributed by atoms with Crippen molar-refractivity contribution in [2.24, 2.45) is 0 Å². The lowest BCUT2D eigenvalue weighted by atomic mass is 10.0. The van der Waals surface area contributed by atoms with Crippen LogP contribution in [0, 0.1) is 13.8 Å². The monoisotopic (exact) mass is 275 g/mol. The number of nitrogens with one attached hydrogen (secondary N) is 1. The molecule has 1 aromatic rings. The fourth-order valence-corrected chi connectivity index (χ4v) is 2.75. The summed E-state index contributed by atoms with van der Waals surface area (Å²) in [6.07, 6.45) is 4.75. The maximum atomic E-state index is 12.2. The van der Waals surface area contributed by atoms with E-state index in [1.54, 1.807) is 0 Å². The third kappa shape index (κ3) is 4.07. The van der Waals surface area contributed by atoms with Gasteiger partial charge in [-0.2, -0.15) is 0 Å². The van der Waals surface area contributed by atoms with Crippen LogP contribution >= 0.6 is 0 Å². The van der Waals surface area contributed by atoms with Gasteiger partial charge in [0.15, 0.2) is 0 Å². The van der Waals surface area contributed by atoms with Gasteiger partial charge in [-0.3, -0.25) is 4.79 Å². The molecular formula is C17H25NO2. The molecule has 0 aliphatic carbocycles. The SMILES string of the molecule is Cc1ccc(C(=O)N[C@@H](C)CC[C@H]2CCCO2)c(C)c1. The number of carbonyl (C=O) groups is 1. The van der Waals surface area contributed by atoms with Crippen LogP contribution in [-0.4, -0.2) is 24.7 Å². The fourth-order valence-electron chi connectivity index (χ4n) is 2.75. The summed E-state index contributed by atoms with van der Waals surface area (Å²) in [5.41, 5.74) is 3.00. The van der Waals surface area contributed by atoms with Crippen molar-refractivity contribution in [2.75, 3.05) is 6.61 Å². The van der Waals surface area contributed by atoms with Crippen molar-refractivity contribution in [2.45, 2.75) is 58.6 Å². The van der Waals surface area contributed by atoms with Gasteiger partial charge in [-0.05, 0) is 58.1 Å². The Kier molecular flexibility index (Phi) is 5.18. The van der Waals surface area contributed by atoms with Crippen LogP contribution in [0.5, 0.6) is 0 Å². The van der Waals surface area contributed by atoms with Crippen LogP contribution in [0.1, 0.15) is 54.1 Å². The zero-order chi connectivity index (χ0) is 14.5. The van der Waals surface area contributed by atoms with Crippen LogP contribution in [0.4, 0.5) is 0 Å². The topological polar surface area (TPSA) is 38.3 Å². The molecule has 0 spiro atoms. The first kappa shape index (κ1) is 15.0. The summed E-state index contributed by atoms with van der Waals surface area (Å²) in [6.45, 7) is 6.99. The van der Waals surface area contributed by atoms with E-state index in [-0.39, 0.29) is 11.9 Å². The molecule has 0 saturated carbocycles. The molecule has 1 aliphatic rings. The quantitative estimate of drug-likeness (QED) is 0.894. The van der Waals surface area contributed by atoms with Crippen LogP contribution in [0.2, 0.25) is 0 Å². The van der Waals surface area contributed by atoms with Gasteiger partial charge in [0.2, 0.25) is 0 Å². The Morgan fingerprint density at radius 2 is 2.25 bits per heavy atom. The first-order chi connectivity index (χ1) is 9.56. The summed E-state index contributed by atoms with van der Waals surface area (Å²) in [6, 6.07) is 6.13. The first-order valence-corrected chi connectivity index (χ1v) is 7.56. The van der Waals surface area contributed by atoms with Gasteiger partial charge in [-0.1, -0.05) is 17.7 Å². The molecule has 2 atom stereocenters. The number of hydrogen-bond donors (Lipinski definition) is 1. The van der Waals surface area contributed by atoms with Crippen molar-refractivity contribution in [1.29, 1.82) is 0 Å². The van der Waals surface area contributed by atoms with Crippen LogP contribution in [-0.2, 0) is 4.74 Å². The van der Waals surface area contributed by atoms with E-state index in [0.717, 1.165) is 37.0 Å². The molecule has 1 aromatic carbocycles. The van der Waals surface area contributed by atoms with E-state index in [1.807, 2.05) is 32.0 Å². The second-order valence-corrected chi connectivity index (χ2v) is 5.91. The number of aryl methyl sites for hydroxylation is 2. The minimum absolute atomic E-state index is 0.0299. The Bertz CT molecular complexity index is 464. The molecule has 0 radical (unpaired) electrons. The molecule has 1 amide bonds. The molecule has 1 heterocycles. The van der Waals surface area contributed by atoms with Crippen molar-refractivity contribution >= 4 is 5.91 Å². The summed E-state index contributed by atoms with van der Waals surface area (Å²) in [4.78, 5) is 12.2. The molecular weight excluding hydrogens is 250 g/mol. The van der Waals surface area contributed by atoms with E-state index in [2.05, 4.69) is 12.2 Å². The van der Waals surface area contributed by atoms with Crippen LogP contribution < -0.4 is 5.32 Å². The highest BCUT2D eigenvalue weighted by atomic mass is 16.5. The highest BCUT2D eigenvalue weighted by molar-refractivity contribution is 5.95. The molecule has 1 saturated heterocycles. The number of hydrogen-bond acceptors (Lipinski definition) is 2. The largest absolute Gasteiger partial charge is 0.378 e. The highest BCUT2D eigenvalue weighted by Gasteiger charge is 2.17. The van der Waals surface area contributed by atoms with Crippen molar-refractivity contribution in [3.63, 3.8) is 0 Å². The molecule has 0 bridgehead atoms. The summed E-state index contributed by atoms with van der Waals surface area (Å²) >= 11 is 0. The second kappa shape index (κ2) is 6.89. The zero-order valence-corrected chi connectivity index (χ0v) is 12.7. The summed E-state index contributed by atoms with van der Waals surface area (Å²) in [7, 11) is 0. The maximum Gasteiger partial charge on any atom is 0.251 e. The Morgan fingerprint density at radius 3 is 2.90 bits per heavy atom. The normalized spacial score (nSPS) is 19.9. The fraction of sp³-hybridized carbons (Fsp3) is 0.588. The average Bonchev–Trinajstić information content (AvgIpc) is 2.89. The lowest BCUT2D eigenvalue weighted by Gasteiger charge is -2.17. The average molecular weight is 275 g/mol. The predicted octanol–water partition coefficient (Wildman–Crippen LogP) is 3.38. The van der Waals surface area contributed by atoms with Crippen LogP contribution in [0.15, 0.2) is 18.2 Å². The molecule has 1 fully saturated rings. The summed E-state index contributed by atoms with van der Waals surface area (Å²) in [5, 5.41) is 3.09. The Labute approximate surface area is 121 Å². The Hall–Kier alpha value is -1.35. The molecule has 1 aliphatic heterocycles. The number of amides is 1. The van der Waals surface area contributed by atoms with E-state index in [4.69, 9.17) is 4.74 Å². The smallest absolute Gasteiger partial charge is 0.251 e. The highest BCUT2D eigenvalue weighted by Crippen LogP contribution is 2.18. The number of rotatable bonds is 5. The van der Waals surface area contributed by atoms with E-state index < -0.39 is 0 Å². The molecule has 3 nitrogen and oxygen atoms in total. The van der Waals surface area contributed by atoms with E-state index in [0.29, 0.717) is 6.10 Å². The molecule has 20 heavy (non-hydrogen) atoms. The van der Waals surface area contributed by atoms with Crippen molar-refractivity contribution in [1.82, 2.24) is 5.32 Å². The van der Waals surface area contributed by atoms with E-state index >= 15 is 0 Å². The van der Waals surface area contributed by atoms with Gasteiger partial charge in [0.1, 0.15) is 0 Å². The van der Waals surface area contributed by atoms with Gasteiger partial charge in [-0.25, -0.2) is 0 Å². The van der Waals surface area contributed by atoms with Gasteiger partial charge in [0.05, 0.1) is 6.10 Å². The minimum Gasteiger partial charge on any atom is -0.378 e. The van der Waals surface area contributed by atoms with Gasteiger partial charge in [-0.15, -0.1) is 0 Å². The minimum atomic E-state index is 0.0299. The van der Waals surface area contributed by atoms with Crippen LogP contribution in [0.25, 0.3) is 0 Å². The van der Waals surface area contributed by atoms with Crippen molar-refractivity contribution in [3.05, 3.63) is 34.9 Å². The van der Waals surface area contributed by atoms with Gasteiger partial charge >= 0.3 is 0 Å². The second-order valence-electron chi connectivity index (χ2n) is 5.91. The Balaban J connectivity index is 1.83. The van der Waals surface area contributed by atoms with E-state index in [9.17, 15) is 4.79 Å². The first-order valence-electron chi connectivity index (χ1n) is 7.56.